The third-order valence-corrected chi connectivity index (χ3v) is 7.47. The third kappa shape index (κ3) is 3.02. The monoisotopic (exact) mass is 492 g/mol. The van der Waals surface area contributed by atoms with E-state index in [1.165, 1.54) is 24.3 Å². The van der Waals surface area contributed by atoms with Crippen molar-refractivity contribution in [2.45, 2.75) is 31.8 Å². The fraction of sp³-hybridized carbons (Fsp3) is 0.333. The molecule has 3 aromatic rings. The number of carbonyl (C=O) groups is 1. The normalized spacial score (nSPS) is 16.0. The molecule has 1 N–H and O–H groups in total. The van der Waals surface area contributed by atoms with Crippen LogP contribution in [0.4, 0.5) is 10.1 Å². The van der Waals surface area contributed by atoms with Crippen LogP contribution in [0.2, 0.25) is 0 Å². The maximum atomic E-state index is 15.4. The van der Waals surface area contributed by atoms with Crippen molar-refractivity contribution < 1.29 is 19.0 Å². The van der Waals surface area contributed by atoms with Crippen molar-refractivity contribution in [1.29, 1.82) is 0 Å². The van der Waals surface area contributed by atoms with E-state index >= 15 is 4.39 Å². The van der Waals surface area contributed by atoms with E-state index in [4.69, 9.17) is 4.74 Å². The number of ether oxygens (including phenoxy) is 1. The number of aromatic carboxylic acids is 1. The lowest BCUT2D eigenvalue weighted by Crippen LogP contribution is -2.31. The molecule has 0 saturated heterocycles. The quantitative estimate of drug-likeness (QED) is 0.577. The van der Waals surface area contributed by atoms with Crippen LogP contribution in [-0.4, -0.2) is 29.3 Å². The summed E-state index contributed by atoms with van der Waals surface area (Å²) in [5, 5.41) is 9.49. The van der Waals surface area contributed by atoms with E-state index < -0.39 is 17.2 Å². The highest BCUT2D eigenvalue weighted by atomic mass is 79.9. The zero-order chi connectivity index (χ0) is 21.2. The molecule has 6 nitrogen and oxygen atoms in total. The predicted octanol–water partition coefficient (Wildman–Crippen LogP) is 4.57. The van der Waals surface area contributed by atoms with Crippen LogP contribution in [0, 0.1) is 5.82 Å². The molecule has 5 rings (SSSR count). The van der Waals surface area contributed by atoms with Crippen molar-refractivity contribution in [3.8, 4) is 5.75 Å². The van der Waals surface area contributed by atoms with Gasteiger partial charge in [-0.2, -0.15) is 0 Å². The number of hydrogen-bond acceptors (Lipinski definition) is 5. The summed E-state index contributed by atoms with van der Waals surface area (Å²) in [6.45, 7) is 1.16. The Balaban J connectivity index is 1.75. The van der Waals surface area contributed by atoms with Gasteiger partial charge in [-0.15, -0.1) is 11.3 Å². The largest absolute Gasteiger partial charge is 0.492 e. The lowest BCUT2D eigenvalue weighted by Gasteiger charge is -2.31. The van der Waals surface area contributed by atoms with Crippen molar-refractivity contribution in [3.63, 3.8) is 0 Å². The Kier molecular flexibility index (Phi) is 4.62. The van der Waals surface area contributed by atoms with Gasteiger partial charge in [0.1, 0.15) is 11.3 Å². The number of aromatic nitrogens is 1. The molecule has 2 aliphatic rings. The number of rotatable bonds is 4. The van der Waals surface area contributed by atoms with Crippen LogP contribution in [0.1, 0.15) is 39.7 Å². The maximum Gasteiger partial charge on any atom is 0.341 e. The molecule has 1 aliphatic heterocycles. The second-order valence-electron chi connectivity index (χ2n) is 7.62. The smallest absolute Gasteiger partial charge is 0.341 e. The van der Waals surface area contributed by atoms with Gasteiger partial charge in [-0.05, 0) is 52.9 Å². The fourth-order valence-electron chi connectivity index (χ4n) is 4.21. The number of carboxylic acid groups (broad SMARTS) is 1. The topological polar surface area (TPSA) is 71.8 Å². The Hall–Kier alpha value is -2.39. The minimum atomic E-state index is -1.31. The summed E-state index contributed by atoms with van der Waals surface area (Å²) in [5.41, 5.74) is 0.870. The summed E-state index contributed by atoms with van der Waals surface area (Å²) in [6.07, 6.45) is 3.92. The molecule has 9 heteroatoms. The van der Waals surface area contributed by atoms with Crippen molar-refractivity contribution in [2.24, 2.45) is 0 Å². The van der Waals surface area contributed by atoms with E-state index in [0.29, 0.717) is 24.3 Å². The lowest BCUT2D eigenvalue weighted by molar-refractivity contribution is 0.0695. The molecule has 1 saturated carbocycles. The minimum Gasteiger partial charge on any atom is -0.492 e. The Labute approximate surface area is 183 Å². The minimum absolute atomic E-state index is 0.0378. The molecule has 156 valence electrons. The highest BCUT2D eigenvalue weighted by molar-refractivity contribution is 9.11. The summed E-state index contributed by atoms with van der Waals surface area (Å²) >= 11 is 5.21. The van der Waals surface area contributed by atoms with Gasteiger partial charge in [0.05, 0.1) is 21.8 Å². The van der Waals surface area contributed by atoms with Gasteiger partial charge in [0.25, 0.3) is 0 Å². The highest BCUT2D eigenvalue weighted by Gasteiger charge is 2.32. The summed E-state index contributed by atoms with van der Waals surface area (Å²) < 4.78 is 23.9. The second kappa shape index (κ2) is 7.09. The van der Waals surface area contributed by atoms with E-state index in [-0.39, 0.29) is 22.7 Å². The van der Waals surface area contributed by atoms with Crippen molar-refractivity contribution in [1.82, 2.24) is 4.57 Å². The number of halogens is 2. The lowest BCUT2D eigenvalue weighted by atomic mass is 10.0. The zero-order valence-electron chi connectivity index (χ0n) is 16.1. The van der Waals surface area contributed by atoms with Gasteiger partial charge < -0.3 is 19.3 Å². The molecule has 0 amide bonds. The van der Waals surface area contributed by atoms with E-state index in [9.17, 15) is 14.7 Å². The summed E-state index contributed by atoms with van der Waals surface area (Å²) in [7, 11) is 1.46. The number of hydrogen-bond donors (Lipinski definition) is 1. The highest BCUT2D eigenvalue weighted by Crippen LogP contribution is 2.45. The number of anilines is 1. The standard InChI is InChI=1S/C21H18BrFN2O4S/c1-29-20-17-12(19(26)13(21(27)28)9-25(17)11-2-3-11)7-14(23)18(20)24-5-4-15-10(8-24)6-16(22)30-15/h6-7,9,11H,2-5,8H2,1H3,(H,27,28). The van der Waals surface area contributed by atoms with Crippen LogP contribution in [0.25, 0.3) is 10.9 Å². The maximum absolute atomic E-state index is 15.4. The molecule has 2 aromatic heterocycles. The average molecular weight is 493 g/mol. The van der Waals surface area contributed by atoms with Crippen molar-refractivity contribution in [2.75, 3.05) is 18.6 Å². The Morgan fingerprint density at radius 2 is 2.13 bits per heavy atom. The van der Waals surface area contributed by atoms with Crippen LogP contribution in [0.5, 0.6) is 5.75 Å². The van der Waals surface area contributed by atoms with E-state index in [2.05, 4.69) is 22.0 Å². The van der Waals surface area contributed by atoms with Gasteiger partial charge in [-0.3, -0.25) is 4.79 Å². The summed E-state index contributed by atoms with van der Waals surface area (Å²) in [4.78, 5) is 27.6. The van der Waals surface area contributed by atoms with Crippen molar-refractivity contribution in [3.05, 3.63) is 54.2 Å². The number of fused-ring (bicyclic) bond motifs is 2. The van der Waals surface area contributed by atoms with Gasteiger partial charge in [0.2, 0.25) is 5.43 Å². The molecule has 30 heavy (non-hydrogen) atoms. The van der Waals surface area contributed by atoms with Crippen LogP contribution in [-0.2, 0) is 13.0 Å². The molecule has 1 aromatic carbocycles. The summed E-state index contributed by atoms with van der Waals surface area (Å²) in [5.74, 6) is -1.62. The Bertz CT molecular complexity index is 1260. The van der Waals surface area contributed by atoms with E-state index in [1.54, 1.807) is 15.9 Å². The molecule has 0 bridgehead atoms. The first-order valence-corrected chi connectivity index (χ1v) is 11.2. The number of carboxylic acids is 1. The first-order chi connectivity index (χ1) is 14.4. The first-order valence-electron chi connectivity index (χ1n) is 9.59. The first kappa shape index (κ1) is 19.6. The van der Waals surface area contributed by atoms with Gasteiger partial charge in [-0.1, -0.05) is 0 Å². The van der Waals surface area contributed by atoms with Crippen LogP contribution < -0.4 is 15.1 Å². The number of benzene rings is 1. The number of thiophene rings is 1. The molecular formula is C21H18BrFN2O4S. The molecule has 3 heterocycles. The second-order valence-corrected chi connectivity index (χ2v) is 10.1. The molecular weight excluding hydrogens is 475 g/mol. The molecule has 0 atom stereocenters. The van der Waals surface area contributed by atoms with Crippen molar-refractivity contribution >= 4 is 49.8 Å². The number of methoxy groups -OCH3 is 1. The van der Waals surface area contributed by atoms with Gasteiger partial charge in [0, 0.05) is 30.2 Å². The Morgan fingerprint density at radius 1 is 1.37 bits per heavy atom. The van der Waals surface area contributed by atoms with E-state index in [0.717, 1.165) is 28.6 Å². The molecule has 1 fully saturated rings. The predicted molar refractivity (Wildman–Crippen MR) is 117 cm³/mol. The SMILES string of the molecule is COc1c(N2CCc3sc(Br)cc3C2)c(F)cc2c(=O)c(C(=O)O)cn(C3CC3)c12. The summed E-state index contributed by atoms with van der Waals surface area (Å²) in [6, 6.07) is 3.30. The zero-order valence-corrected chi connectivity index (χ0v) is 18.5. The van der Waals surface area contributed by atoms with Crippen LogP contribution >= 0.6 is 27.3 Å². The fourth-order valence-corrected chi connectivity index (χ4v) is 5.96. The van der Waals surface area contributed by atoms with Gasteiger partial charge >= 0.3 is 5.97 Å². The number of nitrogens with zero attached hydrogens (tertiary/aromatic N) is 2. The third-order valence-electron chi connectivity index (χ3n) is 5.73. The van der Waals surface area contributed by atoms with E-state index in [1.807, 2.05) is 4.90 Å². The Morgan fingerprint density at radius 3 is 2.80 bits per heavy atom. The van der Waals surface area contributed by atoms with Crippen LogP contribution in [0.3, 0.4) is 0 Å². The molecule has 0 spiro atoms. The van der Waals surface area contributed by atoms with Gasteiger partial charge in [-0.25, -0.2) is 9.18 Å². The molecule has 0 radical (unpaired) electrons. The van der Waals surface area contributed by atoms with Crippen LogP contribution in [0.15, 0.2) is 26.9 Å². The van der Waals surface area contributed by atoms with Gasteiger partial charge in [0.15, 0.2) is 11.6 Å². The average Bonchev–Trinajstić information content (AvgIpc) is 3.47. The number of pyridine rings is 1. The molecule has 0 unspecified atom stereocenters. The molecule has 1 aliphatic carbocycles.